The molecule has 174 valence electrons. The Hall–Kier alpha value is -2.58. The van der Waals surface area contributed by atoms with E-state index in [9.17, 15) is 13.2 Å². The van der Waals surface area contributed by atoms with E-state index in [-0.39, 0.29) is 25.1 Å². The van der Waals surface area contributed by atoms with Crippen LogP contribution in [-0.4, -0.2) is 52.1 Å². The largest absolute Gasteiger partial charge is 0.497 e. The molecule has 32 heavy (non-hydrogen) atoms. The molecule has 0 unspecified atom stereocenters. The van der Waals surface area contributed by atoms with Crippen LogP contribution >= 0.6 is 0 Å². The Kier molecular flexibility index (Phi) is 8.15. The van der Waals surface area contributed by atoms with Crippen molar-refractivity contribution in [2.75, 3.05) is 33.4 Å². The van der Waals surface area contributed by atoms with E-state index in [1.807, 2.05) is 12.1 Å². The van der Waals surface area contributed by atoms with Crippen molar-refractivity contribution in [1.82, 2.24) is 4.31 Å². The minimum atomic E-state index is -3.56. The van der Waals surface area contributed by atoms with Crippen LogP contribution in [0, 0.1) is 5.92 Å². The van der Waals surface area contributed by atoms with Gasteiger partial charge in [-0.2, -0.15) is 4.31 Å². The molecule has 1 fully saturated rings. The van der Waals surface area contributed by atoms with Crippen molar-refractivity contribution in [2.24, 2.45) is 5.92 Å². The third-order valence-electron chi connectivity index (χ3n) is 5.63. The molecule has 0 N–H and O–H groups in total. The molecule has 0 amide bonds. The highest BCUT2D eigenvalue weighted by Crippen LogP contribution is 2.26. The van der Waals surface area contributed by atoms with Gasteiger partial charge in [0.1, 0.15) is 24.7 Å². The van der Waals surface area contributed by atoms with Crippen molar-refractivity contribution in [2.45, 2.75) is 37.5 Å². The average Bonchev–Trinajstić information content (AvgIpc) is 2.82. The molecule has 7 nitrogen and oxygen atoms in total. The number of hydrogen-bond donors (Lipinski definition) is 0. The molecule has 0 aromatic heterocycles. The second-order valence-electron chi connectivity index (χ2n) is 8.09. The Morgan fingerprint density at radius 3 is 2.12 bits per heavy atom. The lowest BCUT2D eigenvalue weighted by atomic mass is 9.98. The van der Waals surface area contributed by atoms with Gasteiger partial charge in [0.05, 0.1) is 17.9 Å². The zero-order valence-corrected chi connectivity index (χ0v) is 19.6. The number of piperidine rings is 1. The Labute approximate surface area is 190 Å². The number of hydrogen-bond acceptors (Lipinski definition) is 6. The van der Waals surface area contributed by atoms with Crippen molar-refractivity contribution < 1.29 is 27.4 Å². The highest BCUT2D eigenvalue weighted by molar-refractivity contribution is 7.89. The summed E-state index contributed by atoms with van der Waals surface area (Å²) in [7, 11) is -1.96. The Balaban J connectivity index is 1.43. The number of methoxy groups -OCH3 is 1. The molecule has 2 aromatic carbocycles. The summed E-state index contributed by atoms with van der Waals surface area (Å²) in [6.07, 6.45) is 0.892. The number of sulfonamides is 1. The number of benzene rings is 2. The molecular weight excluding hydrogens is 430 g/mol. The quantitative estimate of drug-likeness (QED) is 0.417. The number of esters is 1. The average molecular weight is 462 g/mol. The SMILES string of the molecule is COc1ccc(OCCOC(=O)C2CCN(S(=O)(=O)c3ccc(C(C)C)cc3)CC2)cc1. The second kappa shape index (κ2) is 10.8. The third kappa shape index (κ3) is 6.01. The lowest BCUT2D eigenvalue weighted by molar-refractivity contribution is -0.150. The van der Waals surface area contributed by atoms with Gasteiger partial charge in [-0.05, 0) is 60.7 Å². The fraction of sp³-hybridized carbons (Fsp3) is 0.458. The Morgan fingerprint density at radius 1 is 0.969 bits per heavy atom. The molecule has 0 saturated carbocycles. The summed E-state index contributed by atoms with van der Waals surface area (Å²) in [5, 5.41) is 0. The Morgan fingerprint density at radius 2 is 1.56 bits per heavy atom. The maximum absolute atomic E-state index is 12.9. The second-order valence-corrected chi connectivity index (χ2v) is 10.0. The minimum Gasteiger partial charge on any atom is -0.497 e. The molecule has 0 bridgehead atoms. The van der Waals surface area contributed by atoms with Crippen LogP contribution in [0.15, 0.2) is 53.4 Å². The van der Waals surface area contributed by atoms with Crippen LogP contribution in [0.25, 0.3) is 0 Å². The molecule has 0 radical (unpaired) electrons. The van der Waals surface area contributed by atoms with Gasteiger partial charge in [0.25, 0.3) is 0 Å². The van der Waals surface area contributed by atoms with Gasteiger partial charge in [-0.3, -0.25) is 4.79 Å². The first kappa shape index (κ1) is 24.1. The van der Waals surface area contributed by atoms with Crippen molar-refractivity contribution in [3.05, 3.63) is 54.1 Å². The number of ether oxygens (including phenoxy) is 3. The highest BCUT2D eigenvalue weighted by Gasteiger charge is 2.32. The molecule has 8 heteroatoms. The van der Waals surface area contributed by atoms with Crippen molar-refractivity contribution in [1.29, 1.82) is 0 Å². The number of nitrogens with zero attached hydrogens (tertiary/aromatic N) is 1. The van der Waals surface area contributed by atoms with Gasteiger partial charge in [-0.1, -0.05) is 26.0 Å². The summed E-state index contributed by atoms with van der Waals surface area (Å²) in [4.78, 5) is 12.6. The number of carbonyl (C=O) groups is 1. The van der Waals surface area contributed by atoms with Crippen LogP contribution in [0.5, 0.6) is 11.5 Å². The van der Waals surface area contributed by atoms with Gasteiger partial charge in [0, 0.05) is 13.1 Å². The predicted molar refractivity (Wildman–Crippen MR) is 121 cm³/mol. The molecule has 2 aromatic rings. The maximum atomic E-state index is 12.9. The molecular formula is C24H31NO6S. The van der Waals surface area contributed by atoms with Crippen LogP contribution in [0.2, 0.25) is 0 Å². The fourth-order valence-electron chi connectivity index (χ4n) is 3.60. The number of rotatable bonds is 9. The third-order valence-corrected chi connectivity index (χ3v) is 7.54. The topological polar surface area (TPSA) is 82.1 Å². The van der Waals surface area contributed by atoms with E-state index in [1.165, 1.54) is 4.31 Å². The summed E-state index contributed by atoms with van der Waals surface area (Å²) >= 11 is 0. The van der Waals surface area contributed by atoms with E-state index >= 15 is 0 Å². The summed E-state index contributed by atoms with van der Waals surface area (Å²) < 4.78 is 43.3. The molecule has 1 aliphatic rings. The van der Waals surface area contributed by atoms with Gasteiger partial charge < -0.3 is 14.2 Å². The molecule has 1 heterocycles. The van der Waals surface area contributed by atoms with E-state index in [1.54, 1.807) is 43.5 Å². The van der Waals surface area contributed by atoms with Gasteiger partial charge in [0.2, 0.25) is 10.0 Å². The first-order chi connectivity index (χ1) is 15.3. The zero-order chi connectivity index (χ0) is 23.1. The zero-order valence-electron chi connectivity index (χ0n) is 18.8. The molecule has 0 atom stereocenters. The van der Waals surface area contributed by atoms with Crippen LogP contribution in [-0.2, 0) is 19.6 Å². The van der Waals surface area contributed by atoms with Gasteiger partial charge in [0.15, 0.2) is 0 Å². The maximum Gasteiger partial charge on any atom is 0.309 e. The van der Waals surface area contributed by atoms with Crippen LogP contribution in [0.4, 0.5) is 0 Å². The normalized spacial score (nSPS) is 15.5. The summed E-state index contributed by atoms with van der Waals surface area (Å²) in [6.45, 7) is 5.13. The first-order valence-corrected chi connectivity index (χ1v) is 12.3. The van der Waals surface area contributed by atoms with Crippen LogP contribution < -0.4 is 9.47 Å². The van der Waals surface area contributed by atoms with E-state index in [0.717, 1.165) is 11.3 Å². The van der Waals surface area contributed by atoms with E-state index in [2.05, 4.69) is 13.8 Å². The van der Waals surface area contributed by atoms with Gasteiger partial charge >= 0.3 is 5.97 Å². The van der Waals surface area contributed by atoms with Gasteiger partial charge in [-0.25, -0.2) is 8.42 Å². The molecule has 1 aliphatic heterocycles. The lowest BCUT2D eigenvalue weighted by Crippen LogP contribution is -2.40. The first-order valence-electron chi connectivity index (χ1n) is 10.8. The molecule has 3 rings (SSSR count). The molecule has 0 spiro atoms. The molecule has 0 aliphatic carbocycles. The van der Waals surface area contributed by atoms with E-state index in [4.69, 9.17) is 14.2 Å². The smallest absolute Gasteiger partial charge is 0.309 e. The summed E-state index contributed by atoms with van der Waals surface area (Å²) in [5.74, 6) is 1.15. The molecule has 1 saturated heterocycles. The van der Waals surface area contributed by atoms with Gasteiger partial charge in [-0.15, -0.1) is 0 Å². The minimum absolute atomic E-state index is 0.144. The standard InChI is InChI=1S/C24H31NO6S/c1-18(2)19-4-10-23(11-5-19)32(27,28)25-14-12-20(13-15-25)24(26)31-17-16-30-22-8-6-21(29-3)7-9-22/h4-11,18,20H,12-17H2,1-3H3. The van der Waals surface area contributed by atoms with Crippen LogP contribution in [0.3, 0.4) is 0 Å². The predicted octanol–water partition coefficient (Wildman–Crippen LogP) is 3.84. The van der Waals surface area contributed by atoms with Crippen molar-refractivity contribution in [3.8, 4) is 11.5 Å². The summed E-state index contributed by atoms with van der Waals surface area (Å²) in [6, 6.07) is 14.2. The fourth-order valence-corrected chi connectivity index (χ4v) is 5.07. The Bertz CT molecular complexity index is 978. The highest BCUT2D eigenvalue weighted by atomic mass is 32.2. The summed E-state index contributed by atoms with van der Waals surface area (Å²) in [5.41, 5.74) is 1.10. The van der Waals surface area contributed by atoms with E-state index in [0.29, 0.717) is 42.5 Å². The lowest BCUT2D eigenvalue weighted by Gasteiger charge is -2.30. The monoisotopic (exact) mass is 461 g/mol. The van der Waals surface area contributed by atoms with Crippen molar-refractivity contribution in [3.63, 3.8) is 0 Å². The number of carbonyl (C=O) groups excluding carboxylic acids is 1. The van der Waals surface area contributed by atoms with E-state index < -0.39 is 10.0 Å². The van der Waals surface area contributed by atoms with Crippen molar-refractivity contribution >= 4 is 16.0 Å². The van der Waals surface area contributed by atoms with Crippen LogP contribution in [0.1, 0.15) is 38.2 Å².